The molecule has 12 heteroatoms. The number of carbonyl (C=O) groups excluding carboxylic acids is 2. The predicted molar refractivity (Wildman–Crippen MR) is 198 cm³/mol. The standard InChI is InChI=1S/C38H64NO10P/c1-3-5-7-9-11-12-13-14-15-16-17-18-19-20-21-22-24-26-28-30-37(41)49-34(32-47-50(44,45)48-33-35(39)38(42)43)31-46-36(40)29-27-25-23-10-8-6-4-2/h5,7,11-12,14-15,17-18,20-21,34-35H,3-4,6,8-10,13,16,19,22-33,39H2,1-2H3,(H,42,43)(H,44,45)/b7-5-,12-11-,15-14-,18-17-,21-20-. The third-order valence-electron chi connectivity index (χ3n) is 7.28. The van der Waals surface area contributed by atoms with Gasteiger partial charge in [-0.1, -0.05) is 120 Å². The van der Waals surface area contributed by atoms with E-state index in [0.29, 0.717) is 12.8 Å². The van der Waals surface area contributed by atoms with Crippen LogP contribution in [0.2, 0.25) is 0 Å². The average molecular weight is 726 g/mol. The molecule has 0 aliphatic rings. The van der Waals surface area contributed by atoms with Gasteiger partial charge in [-0.15, -0.1) is 0 Å². The summed E-state index contributed by atoms with van der Waals surface area (Å²) < 4.78 is 32.4. The summed E-state index contributed by atoms with van der Waals surface area (Å²) in [6.07, 6.45) is 36.1. The van der Waals surface area contributed by atoms with Crippen LogP contribution in [0.3, 0.4) is 0 Å². The molecule has 0 bridgehead atoms. The molecule has 0 fully saturated rings. The number of phosphoric ester groups is 1. The average Bonchev–Trinajstić information content (AvgIpc) is 3.09. The van der Waals surface area contributed by atoms with Crippen molar-refractivity contribution in [2.24, 2.45) is 5.73 Å². The molecule has 0 rings (SSSR count). The van der Waals surface area contributed by atoms with Crippen molar-refractivity contribution in [1.82, 2.24) is 0 Å². The molecule has 0 aromatic heterocycles. The van der Waals surface area contributed by atoms with Crippen LogP contribution in [-0.2, 0) is 37.5 Å². The number of carboxylic acids is 1. The first-order valence-electron chi connectivity index (χ1n) is 18.3. The molecule has 0 aromatic carbocycles. The summed E-state index contributed by atoms with van der Waals surface area (Å²) in [5, 5.41) is 8.84. The quantitative estimate of drug-likeness (QED) is 0.0255. The molecule has 0 saturated heterocycles. The monoisotopic (exact) mass is 725 g/mol. The molecule has 0 radical (unpaired) electrons. The van der Waals surface area contributed by atoms with Crippen molar-refractivity contribution in [1.29, 1.82) is 0 Å². The number of nitrogens with two attached hydrogens (primary N) is 1. The summed E-state index contributed by atoms with van der Waals surface area (Å²) in [4.78, 5) is 45.5. The summed E-state index contributed by atoms with van der Waals surface area (Å²) in [6.45, 7) is 2.56. The number of aliphatic carboxylic acids is 1. The van der Waals surface area contributed by atoms with Crippen LogP contribution in [-0.4, -0.2) is 59.9 Å². The van der Waals surface area contributed by atoms with Gasteiger partial charge < -0.3 is 25.2 Å². The number of unbranched alkanes of at least 4 members (excludes halogenated alkanes) is 9. The third kappa shape index (κ3) is 32.4. The van der Waals surface area contributed by atoms with Gasteiger partial charge in [0.1, 0.15) is 12.6 Å². The van der Waals surface area contributed by atoms with E-state index in [-0.39, 0.29) is 19.4 Å². The molecular formula is C38H64NO10P. The Morgan fingerprint density at radius 1 is 0.640 bits per heavy atom. The first kappa shape index (κ1) is 47.2. The first-order valence-corrected chi connectivity index (χ1v) is 19.8. The van der Waals surface area contributed by atoms with Crippen LogP contribution >= 0.6 is 7.82 Å². The van der Waals surface area contributed by atoms with Crippen LogP contribution in [0.15, 0.2) is 60.8 Å². The van der Waals surface area contributed by atoms with Crippen LogP contribution in [0.1, 0.15) is 129 Å². The second kappa shape index (κ2) is 33.3. The Labute approximate surface area is 300 Å². The maximum absolute atomic E-state index is 12.5. The van der Waals surface area contributed by atoms with Crippen LogP contribution < -0.4 is 5.73 Å². The summed E-state index contributed by atoms with van der Waals surface area (Å²) in [5.74, 6) is -2.44. The summed E-state index contributed by atoms with van der Waals surface area (Å²) in [5.41, 5.74) is 5.30. The number of allylic oxidation sites excluding steroid dienone is 10. The second-order valence-corrected chi connectivity index (χ2v) is 13.4. The lowest BCUT2D eigenvalue weighted by Crippen LogP contribution is -2.34. The van der Waals surface area contributed by atoms with E-state index in [4.69, 9.17) is 24.8 Å². The molecule has 0 saturated carbocycles. The minimum atomic E-state index is -4.71. The maximum Gasteiger partial charge on any atom is 0.472 e. The minimum absolute atomic E-state index is 0.120. The van der Waals surface area contributed by atoms with Crippen LogP contribution in [0, 0.1) is 0 Å². The first-order chi connectivity index (χ1) is 24.1. The largest absolute Gasteiger partial charge is 0.480 e. The van der Waals surface area contributed by atoms with E-state index in [1.165, 1.54) is 19.3 Å². The third-order valence-corrected chi connectivity index (χ3v) is 8.23. The summed E-state index contributed by atoms with van der Waals surface area (Å²) in [6, 6.07) is -1.53. The van der Waals surface area contributed by atoms with Gasteiger partial charge in [0.2, 0.25) is 0 Å². The summed E-state index contributed by atoms with van der Waals surface area (Å²) in [7, 11) is -4.71. The SMILES string of the molecule is CC/C=C\C/C=C\C/C=C\C/C=C\C/C=C\CCCCCC(=O)OC(COC(=O)CCCCCCCCC)COP(=O)(O)OCC(N)C(=O)O. The number of rotatable bonds is 33. The highest BCUT2D eigenvalue weighted by atomic mass is 31.2. The van der Waals surface area contributed by atoms with Crippen LogP contribution in [0.25, 0.3) is 0 Å². The van der Waals surface area contributed by atoms with Crippen molar-refractivity contribution in [3.63, 3.8) is 0 Å². The topological polar surface area (TPSA) is 172 Å². The number of hydrogen-bond donors (Lipinski definition) is 3. The van der Waals surface area contributed by atoms with E-state index < -0.39 is 51.1 Å². The van der Waals surface area contributed by atoms with Gasteiger partial charge >= 0.3 is 25.7 Å². The van der Waals surface area contributed by atoms with Crippen molar-refractivity contribution >= 4 is 25.7 Å². The fourth-order valence-electron chi connectivity index (χ4n) is 4.38. The van der Waals surface area contributed by atoms with E-state index in [0.717, 1.165) is 70.6 Å². The predicted octanol–water partition coefficient (Wildman–Crippen LogP) is 8.83. The molecule has 11 nitrogen and oxygen atoms in total. The zero-order valence-corrected chi connectivity index (χ0v) is 31.4. The highest BCUT2D eigenvalue weighted by Crippen LogP contribution is 2.43. The van der Waals surface area contributed by atoms with Crippen molar-refractivity contribution in [2.75, 3.05) is 19.8 Å². The number of phosphoric acid groups is 1. The molecule has 3 atom stereocenters. The smallest absolute Gasteiger partial charge is 0.472 e. The Bertz CT molecular complexity index is 1090. The number of hydrogen-bond acceptors (Lipinski definition) is 9. The molecule has 3 unspecified atom stereocenters. The second-order valence-electron chi connectivity index (χ2n) is 12.0. The van der Waals surface area contributed by atoms with Crippen LogP contribution in [0.5, 0.6) is 0 Å². The Morgan fingerprint density at radius 3 is 1.68 bits per heavy atom. The number of ether oxygens (including phenoxy) is 2. The molecule has 50 heavy (non-hydrogen) atoms. The lowest BCUT2D eigenvalue weighted by atomic mass is 10.1. The van der Waals surface area contributed by atoms with Gasteiger partial charge in [0, 0.05) is 12.8 Å². The van der Waals surface area contributed by atoms with Gasteiger partial charge in [0.05, 0.1) is 13.2 Å². The fourth-order valence-corrected chi connectivity index (χ4v) is 5.16. The molecule has 0 amide bonds. The van der Waals surface area contributed by atoms with Gasteiger partial charge in [0.25, 0.3) is 0 Å². The van der Waals surface area contributed by atoms with E-state index >= 15 is 0 Å². The zero-order chi connectivity index (χ0) is 37.1. The van der Waals surface area contributed by atoms with Crippen molar-refractivity contribution in [3.8, 4) is 0 Å². The van der Waals surface area contributed by atoms with Gasteiger partial charge in [-0.05, 0) is 57.8 Å². The molecule has 0 spiro atoms. The maximum atomic E-state index is 12.5. The molecule has 0 aliphatic heterocycles. The Morgan fingerprint density at radius 2 is 1.12 bits per heavy atom. The van der Waals surface area contributed by atoms with Crippen molar-refractivity contribution in [3.05, 3.63) is 60.8 Å². The number of carboxylic acid groups (broad SMARTS) is 1. The van der Waals surface area contributed by atoms with E-state index in [9.17, 15) is 23.8 Å². The Kier molecular flexibility index (Phi) is 31.5. The van der Waals surface area contributed by atoms with Crippen molar-refractivity contribution in [2.45, 2.75) is 142 Å². The lowest BCUT2D eigenvalue weighted by Gasteiger charge is -2.20. The van der Waals surface area contributed by atoms with Gasteiger partial charge in [-0.3, -0.25) is 23.4 Å². The van der Waals surface area contributed by atoms with Crippen molar-refractivity contribution < 1.29 is 47.5 Å². The van der Waals surface area contributed by atoms with Gasteiger partial charge in [0.15, 0.2) is 6.10 Å². The normalized spacial score (nSPS) is 14.6. The van der Waals surface area contributed by atoms with Gasteiger partial charge in [-0.2, -0.15) is 0 Å². The molecular weight excluding hydrogens is 661 g/mol. The lowest BCUT2D eigenvalue weighted by molar-refractivity contribution is -0.161. The molecule has 4 N–H and O–H groups in total. The number of esters is 2. The minimum Gasteiger partial charge on any atom is -0.480 e. The van der Waals surface area contributed by atoms with E-state index in [2.05, 4.69) is 79.1 Å². The fraction of sp³-hybridized carbons (Fsp3) is 0.658. The van der Waals surface area contributed by atoms with Gasteiger partial charge in [-0.25, -0.2) is 4.57 Å². The molecule has 286 valence electrons. The molecule has 0 aliphatic carbocycles. The van der Waals surface area contributed by atoms with E-state index in [1.807, 2.05) is 0 Å². The highest BCUT2D eigenvalue weighted by molar-refractivity contribution is 7.47. The number of carbonyl (C=O) groups is 3. The summed E-state index contributed by atoms with van der Waals surface area (Å²) >= 11 is 0. The zero-order valence-electron chi connectivity index (χ0n) is 30.5. The molecule has 0 heterocycles. The highest BCUT2D eigenvalue weighted by Gasteiger charge is 2.28. The molecule has 0 aromatic rings. The van der Waals surface area contributed by atoms with E-state index in [1.54, 1.807) is 0 Å². The Hall–Kier alpha value is -2.82. The Balaban J connectivity index is 4.47. The van der Waals surface area contributed by atoms with Crippen LogP contribution in [0.4, 0.5) is 0 Å².